The highest BCUT2D eigenvalue weighted by Gasteiger charge is 2.26. The van der Waals surface area contributed by atoms with Crippen LogP contribution in [0, 0.1) is 11.8 Å². The lowest BCUT2D eigenvalue weighted by atomic mass is 9.95. The van der Waals surface area contributed by atoms with Crippen molar-refractivity contribution in [2.75, 3.05) is 33.9 Å². The normalized spacial score (nSPS) is 18.1. The molecule has 3 rings (SSSR count). The third-order valence-corrected chi connectivity index (χ3v) is 6.10. The van der Waals surface area contributed by atoms with Crippen molar-refractivity contribution in [3.8, 4) is 11.5 Å². The molecule has 1 aliphatic heterocycles. The van der Waals surface area contributed by atoms with Gasteiger partial charge in [0.05, 0.1) is 14.2 Å². The van der Waals surface area contributed by atoms with Crippen LogP contribution in [-0.2, 0) is 4.79 Å². The lowest BCUT2D eigenvalue weighted by Crippen LogP contribution is -2.42. The summed E-state index contributed by atoms with van der Waals surface area (Å²) < 4.78 is 10.5. The minimum atomic E-state index is -0.110. The summed E-state index contributed by atoms with van der Waals surface area (Å²) in [6, 6.07) is 5.17. The van der Waals surface area contributed by atoms with E-state index in [1.807, 2.05) is 4.90 Å². The zero-order valence-electron chi connectivity index (χ0n) is 17.0. The predicted octanol–water partition coefficient (Wildman–Crippen LogP) is 3.25. The second kappa shape index (κ2) is 9.80. The van der Waals surface area contributed by atoms with Crippen molar-refractivity contribution in [3.05, 3.63) is 23.8 Å². The van der Waals surface area contributed by atoms with Crippen LogP contribution < -0.4 is 14.8 Å². The molecule has 6 nitrogen and oxygen atoms in total. The molecule has 0 unspecified atom stereocenters. The number of ether oxygens (including phenoxy) is 2. The van der Waals surface area contributed by atoms with Crippen molar-refractivity contribution in [2.24, 2.45) is 11.8 Å². The number of likely N-dealkylation sites (tertiary alicyclic amines) is 1. The molecule has 1 aliphatic carbocycles. The standard InChI is InChI=1S/C22H32N2O4/c1-27-19-8-7-18(14-20(19)28-2)22(26)23-15-17-9-11-24(12-10-17)21(25)13-16-5-3-4-6-16/h7-8,14,16-17H,3-6,9-13,15H2,1-2H3,(H,23,26). The number of carbonyl (C=O) groups excluding carboxylic acids is 2. The van der Waals surface area contributed by atoms with Crippen molar-refractivity contribution in [1.82, 2.24) is 10.2 Å². The highest BCUT2D eigenvalue weighted by molar-refractivity contribution is 5.94. The third kappa shape index (κ3) is 5.18. The molecule has 1 heterocycles. The van der Waals surface area contributed by atoms with E-state index in [1.165, 1.54) is 25.7 Å². The monoisotopic (exact) mass is 388 g/mol. The average molecular weight is 389 g/mol. The van der Waals surface area contributed by atoms with Crippen LogP contribution in [-0.4, -0.2) is 50.6 Å². The Labute approximate surface area is 167 Å². The molecule has 2 fully saturated rings. The molecule has 0 atom stereocenters. The van der Waals surface area contributed by atoms with Crippen LogP contribution in [0.15, 0.2) is 18.2 Å². The van der Waals surface area contributed by atoms with Crippen LogP contribution in [0.25, 0.3) is 0 Å². The van der Waals surface area contributed by atoms with Crippen molar-refractivity contribution >= 4 is 11.8 Å². The number of nitrogens with zero attached hydrogens (tertiary/aromatic N) is 1. The molecule has 1 aromatic rings. The number of methoxy groups -OCH3 is 2. The highest BCUT2D eigenvalue weighted by Crippen LogP contribution is 2.29. The lowest BCUT2D eigenvalue weighted by molar-refractivity contribution is -0.133. The zero-order valence-corrected chi connectivity index (χ0v) is 17.0. The quantitative estimate of drug-likeness (QED) is 0.779. The van der Waals surface area contributed by atoms with Crippen molar-refractivity contribution in [3.63, 3.8) is 0 Å². The van der Waals surface area contributed by atoms with Gasteiger partial charge in [0.15, 0.2) is 11.5 Å². The first-order valence-electron chi connectivity index (χ1n) is 10.4. The molecule has 1 aromatic carbocycles. The minimum Gasteiger partial charge on any atom is -0.493 e. The first-order chi connectivity index (χ1) is 13.6. The van der Waals surface area contributed by atoms with Crippen molar-refractivity contribution < 1.29 is 19.1 Å². The number of rotatable bonds is 7. The number of carbonyl (C=O) groups is 2. The Morgan fingerprint density at radius 1 is 1.00 bits per heavy atom. The van der Waals surface area contributed by atoms with E-state index in [0.29, 0.717) is 41.4 Å². The summed E-state index contributed by atoms with van der Waals surface area (Å²) in [5, 5.41) is 3.02. The van der Waals surface area contributed by atoms with Gasteiger partial charge in [0.1, 0.15) is 0 Å². The first kappa shape index (κ1) is 20.5. The van der Waals surface area contributed by atoms with E-state index in [0.717, 1.165) is 32.4 Å². The Morgan fingerprint density at radius 3 is 2.32 bits per heavy atom. The molecule has 2 amide bonds. The molecule has 1 saturated carbocycles. The van der Waals surface area contributed by atoms with Gasteiger partial charge in [0.25, 0.3) is 5.91 Å². The van der Waals surface area contributed by atoms with E-state index in [1.54, 1.807) is 32.4 Å². The summed E-state index contributed by atoms with van der Waals surface area (Å²) in [5.74, 6) is 2.38. The van der Waals surface area contributed by atoms with Gasteiger partial charge in [-0.2, -0.15) is 0 Å². The van der Waals surface area contributed by atoms with Gasteiger partial charge in [-0.25, -0.2) is 0 Å². The van der Waals surface area contributed by atoms with Crippen molar-refractivity contribution in [1.29, 1.82) is 0 Å². The fourth-order valence-corrected chi connectivity index (χ4v) is 4.29. The maximum absolute atomic E-state index is 12.5. The number of hydrogen-bond acceptors (Lipinski definition) is 4. The fourth-order valence-electron chi connectivity index (χ4n) is 4.29. The molecule has 0 radical (unpaired) electrons. The van der Waals surface area contributed by atoms with Crippen LogP contribution >= 0.6 is 0 Å². The maximum atomic E-state index is 12.5. The SMILES string of the molecule is COc1ccc(C(=O)NCC2CCN(C(=O)CC3CCCC3)CC2)cc1OC. The van der Waals surface area contributed by atoms with Gasteiger partial charge in [-0.15, -0.1) is 0 Å². The Hall–Kier alpha value is -2.24. The third-order valence-electron chi connectivity index (χ3n) is 6.10. The topological polar surface area (TPSA) is 67.9 Å². The number of piperidine rings is 1. The van der Waals surface area contributed by atoms with Crippen LogP contribution in [0.4, 0.5) is 0 Å². The molecule has 154 valence electrons. The second-order valence-electron chi connectivity index (χ2n) is 7.96. The van der Waals surface area contributed by atoms with Gasteiger partial charge in [0, 0.05) is 31.6 Å². The lowest BCUT2D eigenvalue weighted by Gasteiger charge is -2.32. The Bertz CT molecular complexity index is 677. The number of hydrogen-bond donors (Lipinski definition) is 1. The van der Waals surface area contributed by atoms with Gasteiger partial charge in [0.2, 0.25) is 5.91 Å². The molecule has 2 aliphatic rings. The molecular formula is C22H32N2O4. The van der Waals surface area contributed by atoms with Crippen LogP contribution in [0.5, 0.6) is 11.5 Å². The van der Waals surface area contributed by atoms with Gasteiger partial charge < -0.3 is 19.7 Å². The summed E-state index contributed by atoms with van der Waals surface area (Å²) in [6.07, 6.45) is 7.60. The van der Waals surface area contributed by atoms with E-state index in [-0.39, 0.29) is 5.91 Å². The molecular weight excluding hydrogens is 356 g/mol. The van der Waals surface area contributed by atoms with E-state index >= 15 is 0 Å². The van der Waals surface area contributed by atoms with Gasteiger partial charge in [-0.05, 0) is 55.7 Å². The molecule has 0 aromatic heterocycles. The molecule has 0 spiro atoms. The van der Waals surface area contributed by atoms with E-state index < -0.39 is 0 Å². The zero-order chi connectivity index (χ0) is 19.9. The maximum Gasteiger partial charge on any atom is 0.251 e. The van der Waals surface area contributed by atoms with Crippen LogP contribution in [0.1, 0.15) is 55.3 Å². The number of nitrogens with one attached hydrogen (secondary N) is 1. The van der Waals surface area contributed by atoms with E-state index in [4.69, 9.17) is 9.47 Å². The Morgan fingerprint density at radius 2 is 1.68 bits per heavy atom. The van der Waals surface area contributed by atoms with E-state index in [2.05, 4.69) is 5.32 Å². The molecule has 6 heteroatoms. The summed E-state index contributed by atoms with van der Waals surface area (Å²) >= 11 is 0. The summed E-state index contributed by atoms with van der Waals surface area (Å²) in [7, 11) is 3.13. The van der Waals surface area contributed by atoms with Gasteiger partial charge in [-0.3, -0.25) is 9.59 Å². The average Bonchev–Trinajstić information content (AvgIpc) is 3.24. The smallest absolute Gasteiger partial charge is 0.251 e. The molecule has 28 heavy (non-hydrogen) atoms. The summed E-state index contributed by atoms with van der Waals surface area (Å²) in [6.45, 7) is 2.25. The number of amides is 2. The first-order valence-corrected chi connectivity index (χ1v) is 10.4. The second-order valence-corrected chi connectivity index (χ2v) is 7.96. The van der Waals surface area contributed by atoms with E-state index in [9.17, 15) is 9.59 Å². The molecule has 1 saturated heterocycles. The molecule has 0 bridgehead atoms. The van der Waals surface area contributed by atoms with Gasteiger partial charge >= 0.3 is 0 Å². The highest BCUT2D eigenvalue weighted by atomic mass is 16.5. The van der Waals surface area contributed by atoms with Crippen LogP contribution in [0.2, 0.25) is 0 Å². The molecule has 1 N–H and O–H groups in total. The predicted molar refractivity (Wildman–Crippen MR) is 108 cm³/mol. The Balaban J connectivity index is 1.42. The van der Waals surface area contributed by atoms with Crippen molar-refractivity contribution in [2.45, 2.75) is 44.9 Å². The summed E-state index contributed by atoms with van der Waals surface area (Å²) in [4.78, 5) is 26.9. The fraction of sp³-hybridized carbons (Fsp3) is 0.636. The van der Waals surface area contributed by atoms with Gasteiger partial charge in [-0.1, -0.05) is 12.8 Å². The Kier molecular flexibility index (Phi) is 7.18. The van der Waals surface area contributed by atoms with Crippen LogP contribution in [0.3, 0.4) is 0 Å². The number of benzene rings is 1. The largest absolute Gasteiger partial charge is 0.493 e. The summed E-state index contributed by atoms with van der Waals surface area (Å²) in [5.41, 5.74) is 0.557. The minimum absolute atomic E-state index is 0.110.